The average molecular weight is 356 g/mol. The number of urea groups is 1. The quantitative estimate of drug-likeness (QED) is 0.821. The summed E-state index contributed by atoms with van der Waals surface area (Å²) in [6.45, 7) is -1.24. The van der Waals surface area contributed by atoms with E-state index in [-0.39, 0.29) is 24.4 Å². The lowest BCUT2D eigenvalue weighted by Crippen LogP contribution is -2.42. The fraction of sp³-hybridized carbons (Fsp3) is 0.529. The molecule has 0 aliphatic heterocycles. The highest BCUT2D eigenvalue weighted by molar-refractivity contribution is 5.76. The van der Waals surface area contributed by atoms with Gasteiger partial charge in [-0.2, -0.15) is 8.78 Å². The van der Waals surface area contributed by atoms with Crippen LogP contribution in [-0.2, 0) is 11.2 Å². The Morgan fingerprint density at radius 2 is 2.16 bits per heavy atom. The number of nitrogens with one attached hydrogen (secondary N) is 1. The molecule has 1 aliphatic rings. The minimum Gasteiger partial charge on any atom is -0.481 e. The highest BCUT2D eigenvalue weighted by Crippen LogP contribution is 2.32. The summed E-state index contributed by atoms with van der Waals surface area (Å²) in [7, 11) is 1.54. The van der Waals surface area contributed by atoms with Gasteiger partial charge in [0, 0.05) is 13.6 Å². The van der Waals surface area contributed by atoms with Gasteiger partial charge in [0.15, 0.2) is 0 Å². The Morgan fingerprint density at radius 1 is 1.44 bits per heavy atom. The maximum atomic E-state index is 12.3. The summed E-state index contributed by atoms with van der Waals surface area (Å²) in [4.78, 5) is 24.5. The van der Waals surface area contributed by atoms with Gasteiger partial charge in [-0.05, 0) is 42.5 Å². The number of aliphatic carboxylic acids is 1. The van der Waals surface area contributed by atoms with Crippen LogP contribution in [0.2, 0.25) is 0 Å². The first-order chi connectivity index (χ1) is 11.8. The molecule has 2 N–H and O–H groups in total. The first kappa shape index (κ1) is 19.0. The van der Waals surface area contributed by atoms with Crippen molar-refractivity contribution < 1.29 is 28.2 Å². The molecule has 0 saturated carbocycles. The fourth-order valence-corrected chi connectivity index (χ4v) is 2.95. The first-order valence-corrected chi connectivity index (χ1v) is 8.10. The summed E-state index contributed by atoms with van der Waals surface area (Å²) in [6.07, 6.45) is 2.27. The Hall–Kier alpha value is -2.38. The third-order valence-corrected chi connectivity index (χ3v) is 4.27. The van der Waals surface area contributed by atoms with Gasteiger partial charge in [-0.3, -0.25) is 4.79 Å². The van der Waals surface area contributed by atoms with Crippen LogP contribution in [0, 0.1) is 5.92 Å². The third-order valence-electron chi connectivity index (χ3n) is 4.27. The van der Waals surface area contributed by atoms with E-state index >= 15 is 0 Å². The van der Waals surface area contributed by atoms with Crippen LogP contribution in [0.15, 0.2) is 18.2 Å². The number of rotatable bonds is 6. The van der Waals surface area contributed by atoms with Crippen molar-refractivity contribution in [2.45, 2.75) is 38.8 Å². The van der Waals surface area contributed by atoms with Crippen molar-refractivity contribution in [2.75, 3.05) is 13.6 Å². The Bertz CT molecular complexity index is 639. The molecule has 1 aliphatic carbocycles. The molecule has 0 aromatic heterocycles. The summed E-state index contributed by atoms with van der Waals surface area (Å²) in [5.74, 6) is -1.52. The minimum atomic E-state index is -2.87. The van der Waals surface area contributed by atoms with Crippen molar-refractivity contribution in [3.05, 3.63) is 29.3 Å². The molecule has 138 valence electrons. The van der Waals surface area contributed by atoms with E-state index in [4.69, 9.17) is 5.11 Å². The molecule has 0 heterocycles. The zero-order valence-corrected chi connectivity index (χ0v) is 14.2. The van der Waals surface area contributed by atoms with Gasteiger partial charge in [0.1, 0.15) is 5.75 Å². The van der Waals surface area contributed by atoms with E-state index < -0.39 is 18.5 Å². The summed E-state index contributed by atoms with van der Waals surface area (Å²) < 4.78 is 29.1. The molecule has 2 unspecified atom stereocenters. The molecule has 0 fully saturated rings. The lowest BCUT2D eigenvalue weighted by molar-refractivity contribution is -0.141. The molecule has 2 rings (SSSR count). The molecule has 6 nitrogen and oxygen atoms in total. The van der Waals surface area contributed by atoms with Gasteiger partial charge < -0.3 is 20.1 Å². The lowest BCUT2D eigenvalue weighted by atomic mass is 9.87. The second-order valence-electron chi connectivity index (χ2n) is 6.25. The summed E-state index contributed by atoms with van der Waals surface area (Å²) >= 11 is 0. The van der Waals surface area contributed by atoms with Crippen LogP contribution < -0.4 is 10.1 Å². The summed E-state index contributed by atoms with van der Waals surface area (Å²) in [5.41, 5.74) is 1.75. The number of hydrogen-bond acceptors (Lipinski definition) is 3. The normalized spacial score (nSPS) is 17.6. The topological polar surface area (TPSA) is 78.9 Å². The number of carboxylic acids is 1. The molecule has 0 spiro atoms. The molecule has 0 bridgehead atoms. The maximum absolute atomic E-state index is 12.3. The molecule has 2 atom stereocenters. The molecule has 8 heteroatoms. The monoisotopic (exact) mass is 356 g/mol. The Balaban J connectivity index is 2.05. The van der Waals surface area contributed by atoms with Crippen molar-refractivity contribution >= 4 is 12.0 Å². The smallest absolute Gasteiger partial charge is 0.387 e. The van der Waals surface area contributed by atoms with Crippen LogP contribution in [0.1, 0.15) is 36.9 Å². The predicted octanol–water partition coefficient (Wildman–Crippen LogP) is 3.03. The van der Waals surface area contributed by atoms with E-state index in [0.717, 1.165) is 30.4 Å². The predicted molar refractivity (Wildman–Crippen MR) is 86.7 cm³/mol. The van der Waals surface area contributed by atoms with E-state index in [1.54, 1.807) is 12.1 Å². The number of alkyl halides is 2. The number of amides is 2. The second kappa shape index (κ2) is 8.13. The Morgan fingerprint density at radius 3 is 2.80 bits per heavy atom. The SMILES string of the molecule is CC(CN(C)C(=O)NC1CCCc2cc(OC(F)F)ccc21)C(=O)O. The zero-order chi connectivity index (χ0) is 18.6. The van der Waals surface area contributed by atoms with Gasteiger partial charge >= 0.3 is 18.6 Å². The van der Waals surface area contributed by atoms with Crippen LogP contribution in [-0.4, -0.2) is 42.2 Å². The van der Waals surface area contributed by atoms with E-state index in [1.165, 1.54) is 24.9 Å². The van der Waals surface area contributed by atoms with Crippen molar-refractivity contribution in [1.29, 1.82) is 0 Å². The van der Waals surface area contributed by atoms with E-state index in [2.05, 4.69) is 10.1 Å². The number of carboxylic acid groups (broad SMARTS) is 1. The maximum Gasteiger partial charge on any atom is 0.387 e. The van der Waals surface area contributed by atoms with Crippen molar-refractivity contribution in [2.24, 2.45) is 5.92 Å². The Kier molecular flexibility index (Phi) is 6.17. The molecule has 25 heavy (non-hydrogen) atoms. The van der Waals surface area contributed by atoms with Gasteiger partial charge in [0.05, 0.1) is 12.0 Å². The molecule has 0 saturated heterocycles. The standard InChI is InChI=1S/C17H22F2N2O4/c1-10(15(22)23)9-21(2)17(24)20-14-5-3-4-11-8-12(25-16(18)19)6-7-13(11)14/h6-8,10,14,16H,3-5,9H2,1-2H3,(H,20,24)(H,22,23). The van der Waals surface area contributed by atoms with Crippen LogP contribution in [0.4, 0.5) is 13.6 Å². The number of aryl methyl sites for hydroxylation is 1. The number of benzene rings is 1. The third kappa shape index (κ3) is 5.04. The number of halogens is 2. The molecule has 0 radical (unpaired) electrons. The number of nitrogens with zero attached hydrogens (tertiary/aromatic N) is 1. The second-order valence-corrected chi connectivity index (χ2v) is 6.25. The minimum absolute atomic E-state index is 0.0991. The molecular formula is C17H22F2N2O4. The van der Waals surface area contributed by atoms with Crippen molar-refractivity contribution in [1.82, 2.24) is 10.2 Å². The van der Waals surface area contributed by atoms with Gasteiger partial charge in [0.2, 0.25) is 0 Å². The van der Waals surface area contributed by atoms with Gasteiger partial charge in [-0.25, -0.2) is 4.79 Å². The zero-order valence-electron chi connectivity index (χ0n) is 14.2. The molecular weight excluding hydrogens is 334 g/mol. The van der Waals surface area contributed by atoms with Crippen LogP contribution in [0.25, 0.3) is 0 Å². The molecule has 1 aromatic rings. The largest absolute Gasteiger partial charge is 0.481 e. The highest BCUT2D eigenvalue weighted by atomic mass is 19.3. The number of hydrogen-bond donors (Lipinski definition) is 2. The van der Waals surface area contributed by atoms with Gasteiger partial charge in [0.25, 0.3) is 0 Å². The fourth-order valence-electron chi connectivity index (χ4n) is 2.95. The van der Waals surface area contributed by atoms with Crippen LogP contribution >= 0.6 is 0 Å². The number of fused-ring (bicyclic) bond motifs is 1. The van der Waals surface area contributed by atoms with E-state index in [0.29, 0.717) is 0 Å². The van der Waals surface area contributed by atoms with Gasteiger partial charge in [-0.15, -0.1) is 0 Å². The summed E-state index contributed by atoms with van der Waals surface area (Å²) in [5, 5.41) is 11.8. The van der Waals surface area contributed by atoms with Crippen molar-refractivity contribution in [3.63, 3.8) is 0 Å². The molecule has 1 aromatic carbocycles. The van der Waals surface area contributed by atoms with E-state index in [9.17, 15) is 18.4 Å². The van der Waals surface area contributed by atoms with Crippen LogP contribution in [0.5, 0.6) is 5.75 Å². The van der Waals surface area contributed by atoms with Crippen molar-refractivity contribution in [3.8, 4) is 5.75 Å². The average Bonchev–Trinajstić information content (AvgIpc) is 2.54. The number of carbonyl (C=O) groups excluding carboxylic acids is 1. The van der Waals surface area contributed by atoms with Gasteiger partial charge in [-0.1, -0.05) is 13.0 Å². The lowest BCUT2D eigenvalue weighted by Gasteiger charge is -2.29. The first-order valence-electron chi connectivity index (χ1n) is 8.10. The Labute approximate surface area is 144 Å². The highest BCUT2D eigenvalue weighted by Gasteiger charge is 2.25. The van der Waals surface area contributed by atoms with E-state index in [1.807, 2.05) is 0 Å². The summed E-state index contributed by atoms with van der Waals surface area (Å²) in [6, 6.07) is 4.14. The number of carbonyl (C=O) groups is 2. The number of ether oxygens (including phenoxy) is 1. The van der Waals surface area contributed by atoms with Crippen LogP contribution in [0.3, 0.4) is 0 Å². The molecule has 2 amide bonds.